The van der Waals surface area contributed by atoms with Crippen molar-refractivity contribution in [3.05, 3.63) is 22.2 Å². The first-order valence-electron chi connectivity index (χ1n) is 4.01. The maximum absolute atomic E-state index is 11.2. The lowest BCUT2D eigenvalue weighted by Gasteiger charge is -1.98. The summed E-state index contributed by atoms with van der Waals surface area (Å²) in [7, 11) is 0. The molecule has 1 aromatic carbocycles. The third-order valence-corrected chi connectivity index (χ3v) is 3.65. The highest BCUT2D eigenvalue weighted by atomic mass is 79.9. The van der Waals surface area contributed by atoms with Crippen molar-refractivity contribution in [2.45, 2.75) is 0 Å². The average molecular weight is 287 g/mol. The van der Waals surface area contributed by atoms with Crippen LogP contribution in [0.1, 0.15) is 10.4 Å². The normalized spacial score (nSPS) is 10.7. The van der Waals surface area contributed by atoms with Crippen molar-refractivity contribution in [1.29, 1.82) is 0 Å². The number of thiophene rings is 1. The molecule has 2 aromatic rings. The number of carbonyl (C=O) groups is 1. The van der Waals surface area contributed by atoms with E-state index in [2.05, 4.69) is 15.9 Å². The monoisotopic (exact) mass is 286 g/mol. The van der Waals surface area contributed by atoms with Crippen LogP contribution in [-0.4, -0.2) is 11.0 Å². The van der Waals surface area contributed by atoms with Crippen LogP contribution in [0, 0.1) is 0 Å². The first kappa shape index (κ1) is 10.3. The number of benzene rings is 1. The number of hydrogen-bond donors (Lipinski definition) is 3. The Labute approximate surface area is 97.6 Å². The third kappa shape index (κ3) is 1.55. The lowest BCUT2D eigenvalue weighted by Crippen LogP contribution is -2.11. The van der Waals surface area contributed by atoms with Crippen LogP contribution in [-0.2, 0) is 0 Å². The summed E-state index contributed by atoms with van der Waals surface area (Å²) in [5.41, 5.74) is 11.2. The number of primary amides is 1. The van der Waals surface area contributed by atoms with E-state index in [4.69, 9.17) is 11.5 Å². The molecule has 6 heteroatoms. The van der Waals surface area contributed by atoms with Crippen molar-refractivity contribution in [3.63, 3.8) is 0 Å². The van der Waals surface area contributed by atoms with E-state index in [9.17, 15) is 9.90 Å². The highest BCUT2D eigenvalue weighted by Gasteiger charge is 2.16. The van der Waals surface area contributed by atoms with Gasteiger partial charge in [-0.25, -0.2) is 0 Å². The number of rotatable bonds is 1. The summed E-state index contributed by atoms with van der Waals surface area (Å²) >= 11 is 4.40. The quantitative estimate of drug-likeness (QED) is 0.749. The van der Waals surface area contributed by atoms with Gasteiger partial charge >= 0.3 is 0 Å². The minimum Gasteiger partial charge on any atom is -0.507 e. The zero-order chi connectivity index (χ0) is 11.2. The van der Waals surface area contributed by atoms with Crippen molar-refractivity contribution >= 4 is 48.3 Å². The van der Waals surface area contributed by atoms with Gasteiger partial charge in [0.1, 0.15) is 5.75 Å². The number of phenols is 1. The van der Waals surface area contributed by atoms with E-state index in [-0.39, 0.29) is 5.75 Å². The van der Waals surface area contributed by atoms with Gasteiger partial charge in [-0.15, -0.1) is 11.3 Å². The minimum atomic E-state index is -0.559. The number of phenolic OH excluding ortho intramolecular Hbond substituents is 1. The summed E-state index contributed by atoms with van der Waals surface area (Å²) in [6, 6.07) is 3.19. The van der Waals surface area contributed by atoms with Gasteiger partial charge < -0.3 is 16.6 Å². The first-order chi connectivity index (χ1) is 7.00. The number of aromatic hydroxyl groups is 1. The Morgan fingerprint density at radius 1 is 1.47 bits per heavy atom. The Kier molecular flexibility index (Phi) is 2.32. The molecular formula is C9H7BrN2O2S. The van der Waals surface area contributed by atoms with E-state index in [0.29, 0.717) is 20.4 Å². The number of amides is 1. The molecule has 2 rings (SSSR count). The van der Waals surface area contributed by atoms with Gasteiger partial charge in [-0.2, -0.15) is 0 Å². The highest BCUT2D eigenvalue weighted by molar-refractivity contribution is 9.10. The van der Waals surface area contributed by atoms with E-state index >= 15 is 0 Å². The summed E-state index contributed by atoms with van der Waals surface area (Å²) in [6.45, 7) is 0. The lowest BCUT2D eigenvalue weighted by molar-refractivity contribution is 0.100. The molecule has 5 N–H and O–H groups in total. The minimum absolute atomic E-state index is 0.111. The molecule has 78 valence electrons. The number of hydrogen-bond acceptors (Lipinski definition) is 4. The molecule has 0 aliphatic rings. The Morgan fingerprint density at radius 3 is 2.73 bits per heavy atom. The molecule has 0 unspecified atom stereocenters. The summed E-state index contributed by atoms with van der Waals surface area (Å²) in [5.74, 6) is -0.448. The van der Waals surface area contributed by atoms with Gasteiger partial charge in [0.05, 0.1) is 15.0 Å². The largest absolute Gasteiger partial charge is 0.507 e. The number of anilines is 1. The summed E-state index contributed by atoms with van der Waals surface area (Å²) < 4.78 is 1.25. The summed E-state index contributed by atoms with van der Waals surface area (Å²) in [4.78, 5) is 11.2. The zero-order valence-electron chi connectivity index (χ0n) is 7.45. The van der Waals surface area contributed by atoms with Gasteiger partial charge in [0.25, 0.3) is 5.91 Å². The number of carbonyl (C=O) groups excluding carboxylic acids is 1. The molecule has 0 fully saturated rings. The Morgan fingerprint density at radius 2 is 2.13 bits per heavy atom. The van der Waals surface area contributed by atoms with Crippen LogP contribution >= 0.6 is 27.3 Å². The molecule has 0 spiro atoms. The maximum Gasteiger partial charge on any atom is 0.252 e. The first-order valence-corrected chi connectivity index (χ1v) is 5.62. The lowest BCUT2D eigenvalue weighted by atomic mass is 10.1. The van der Waals surface area contributed by atoms with Gasteiger partial charge in [0, 0.05) is 10.1 Å². The molecule has 15 heavy (non-hydrogen) atoms. The second kappa shape index (κ2) is 3.39. The van der Waals surface area contributed by atoms with E-state index in [1.165, 1.54) is 11.3 Å². The van der Waals surface area contributed by atoms with Crippen LogP contribution in [0.3, 0.4) is 0 Å². The zero-order valence-corrected chi connectivity index (χ0v) is 9.85. The van der Waals surface area contributed by atoms with Gasteiger partial charge in [0.2, 0.25) is 0 Å². The molecule has 1 heterocycles. The molecule has 0 aliphatic carbocycles. The van der Waals surface area contributed by atoms with Crippen LogP contribution in [0.4, 0.5) is 5.00 Å². The van der Waals surface area contributed by atoms with Gasteiger partial charge in [-0.1, -0.05) is 0 Å². The Bertz CT molecular complexity index is 565. The molecule has 0 atom stereocenters. The summed E-state index contributed by atoms with van der Waals surface area (Å²) in [5, 5.41) is 10.5. The SMILES string of the molecule is NC(=O)c1c(N)sc2cc(O)c(Br)cc12. The average Bonchev–Trinajstić information content (AvgIpc) is 2.41. The Hall–Kier alpha value is -1.27. The van der Waals surface area contributed by atoms with Gasteiger partial charge in [0.15, 0.2) is 0 Å². The fraction of sp³-hybridized carbons (Fsp3) is 0. The fourth-order valence-corrected chi connectivity index (χ4v) is 2.71. The maximum atomic E-state index is 11.2. The van der Waals surface area contributed by atoms with Crippen molar-refractivity contribution in [2.24, 2.45) is 5.73 Å². The number of nitrogen functional groups attached to an aromatic ring is 1. The predicted molar refractivity (Wildman–Crippen MR) is 64.1 cm³/mol. The molecular weight excluding hydrogens is 280 g/mol. The highest BCUT2D eigenvalue weighted by Crippen LogP contribution is 2.38. The molecule has 4 nitrogen and oxygen atoms in total. The molecule has 1 aromatic heterocycles. The van der Waals surface area contributed by atoms with Crippen LogP contribution in [0.15, 0.2) is 16.6 Å². The second-order valence-corrected chi connectivity index (χ2v) is 4.94. The molecule has 0 radical (unpaired) electrons. The topological polar surface area (TPSA) is 89.3 Å². The van der Waals surface area contributed by atoms with Crippen molar-refractivity contribution < 1.29 is 9.90 Å². The van der Waals surface area contributed by atoms with Crippen LogP contribution in [0.2, 0.25) is 0 Å². The molecule has 0 saturated carbocycles. The molecule has 0 saturated heterocycles. The van der Waals surface area contributed by atoms with Crippen LogP contribution in [0.5, 0.6) is 5.75 Å². The van der Waals surface area contributed by atoms with Crippen molar-refractivity contribution in [2.75, 3.05) is 5.73 Å². The number of fused-ring (bicyclic) bond motifs is 1. The van der Waals surface area contributed by atoms with E-state index < -0.39 is 5.91 Å². The molecule has 1 amide bonds. The number of halogens is 1. The van der Waals surface area contributed by atoms with E-state index in [0.717, 1.165) is 4.70 Å². The van der Waals surface area contributed by atoms with Crippen LogP contribution < -0.4 is 11.5 Å². The molecule has 0 aliphatic heterocycles. The predicted octanol–water partition coefficient (Wildman–Crippen LogP) is 2.05. The smallest absolute Gasteiger partial charge is 0.252 e. The van der Waals surface area contributed by atoms with E-state index in [1.807, 2.05) is 0 Å². The number of nitrogens with two attached hydrogens (primary N) is 2. The van der Waals surface area contributed by atoms with Crippen molar-refractivity contribution in [1.82, 2.24) is 0 Å². The Balaban J connectivity index is 2.87. The van der Waals surface area contributed by atoms with Gasteiger partial charge in [-0.3, -0.25) is 4.79 Å². The second-order valence-electron chi connectivity index (χ2n) is 3.01. The third-order valence-electron chi connectivity index (χ3n) is 2.03. The van der Waals surface area contributed by atoms with Gasteiger partial charge in [-0.05, 0) is 28.1 Å². The van der Waals surface area contributed by atoms with Crippen molar-refractivity contribution in [3.8, 4) is 5.75 Å². The molecule has 0 bridgehead atoms. The van der Waals surface area contributed by atoms with E-state index in [1.54, 1.807) is 12.1 Å². The summed E-state index contributed by atoms with van der Waals surface area (Å²) in [6.07, 6.45) is 0. The van der Waals surface area contributed by atoms with Crippen LogP contribution in [0.25, 0.3) is 10.1 Å². The standard InChI is InChI=1S/C9H7BrN2O2S/c10-4-1-3-6(2-5(4)13)15-9(12)7(3)8(11)14/h1-2,13H,12H2,(H2,11,14). The fourth-order valence-electron chi connectivity index (χ4n) is 1.38.